The van der Waals surface area contributed by atoms with Gasteiger partial charge in [-0.3, -0.25) is 4.79 Å². The Labute approximate surface area is 140 Å². The number of aryl methyl sites for hydroxylation is 1. The van der Waals surface area contributed by atoms with E-state index in [2.05, 4.69) is 22.6 Å². The number of hydrogen-bond donors (Lipinski definition) is 1. The molecule has 0 fully saturated rings. The lowest BCUT2D eigenvalue weighted by atomic mass is 10.1. The first-order chi connectivity index (χ1) is 11.7. The molecule has 3 aromatic rings. The Morgan fingerprint density at radius 2 is 1.79 bits per heavy atom. The molecule has 2 aromatic carbocycles. The van der Waals surface area contributed by atoms with Crippen molar-refractivity contribution in [3.05, 3.63) is 77.6 Å². The Morgan fingerprint density at radius 1 is 1.08 bits per heavy atom. The molecule has 0 aliphatic carbocycles. The van der Waals surface area contributed by atoms with Gasteiger partial charge in [0.2, 0.25) is 0 Å². The summed E-state index contributed by atoms with van der Waals surface area (Å²) in [7, 11) is 0. The van der Waals surface area contributed by atoms with Crippen LogP contribution in [0, 0.1) is 6.92 Å². The van der Waals surface area contributed by atoms with Gasteiger partial charge in [-0.2, -0.15) is 0 Å². The summed E-state index contributed by atoms with van der Waals surface area (Å²) in [5.41, 5.74) is 2.45. The second kappa shape index (κ2) is 7.46. The molecule has 0 atom stereocenters. The first-order valence-electron chi connectivity index (χ1n) is 7.68. The van der Waals surface area contributed by atoms with E-state index in [4.69, 9.17) is 9.26 Å². The molecule has 0 radical (unpaired) electrons. The van der Waals surface area contributed by atoms with Crippen LogP contribution in [0.2, 0.25) is 0 Å². The maximum atomic E-state index is 11.8. The predicted octanol–water partition coefficient (Wildman–Crippen LogP) is 3.59. The number of aromatic nitrogens is 1. The first-order valence-corrected chi connectivity index (χ1v) is 7.68. The molecular weight excluding hydrogens is 304 g/mol. The summed E-state index contributed by atoms with van der Waals surface area (Å²) in [4.78, 5) is 11.8. The molecule has 0 unspecified atom stereocenters. The van der Waals surface area contributed by atoms with Crippen molar-refractivity contribution in [1.82, 2.24) is 5.16 Å². The van der Waals surface area contributed by atoms with Crippen LogP contribution in [0.3, 0.4) is 0 Å². The van der Waals surface area contributed by atoms with Crippen LogP contribution in [0.4, 0.5) is 5.82 Å². The van der Waals surface area contributed by atoms with Crippen molar-refractivity contribution < 1.29 is 14.1 Å². The van der Waals surface area contributed by atoms with Crippen molar-refractivity contribution in [3.63, 3.8) is 0 Å². The predicted molar refractivity (Wildman–Crippen MR) is 91.1 cm³/mol. The van der Waals surface area contributed by atoms with Gasteiger partial charge in [0.05, 0.1) is 0 Å². The smallest absolute Gasteiger partial charge is 0.263 e. The van der Waals surface area contributed by atoms with Gasteiger partial charge in [0.1, 0.15) is 11.5 Å². The fourth-order valence-electron chi connectivity index (χ4n) is 2.29. The summed E-state index contributed by atoms with van der Waals surface area (Å²) in [5, 5.41) is 6.31. The molecule has 1 aromatic heterocycles. The van der Waals surface area contributed by atoms with Crippen LogP contribution in [-0.4, -0.2) is 17.7 Å². The topological polar surface area (TPSA) is 64.4 Å². The minimum absolute atomic E-state index is 0.0794. The van der Waals surface area contributed by atoms with Gasteiger partial charge in [-0.15, -0.1) is 0 Å². The highest BCUT2D eigenvalue weighted by Crippen LogP contribution is 2.15. The van der Waals surface area contributed by atoms with E-state index < -0.39 is 0 Å². The van der Waals surface area contributed by atoms with Gasteiger partial charge in [0.15, 0.2) is 12.4 Å². The number of benzene rings is 2. The van der Waals surface area contributed by atoms with Crippen LogP contribution in [0.1, 0.15) is 16.9 Å². The highest BCUT2D eigenvalue weighted by atomic mass is 16.5. The Hall–Kier alpha value is -3.08. The summed E-state index contributed by atoms with van der Waals surface area (Å²) in [6, 6.07) is 19.6. The van der Waals surface area contributed by atoms with E-state index in [1.54, 1.807) is 13.0 Å². The molecule has 0 bridgehead atoms. The molecule has 122 valence electrons. The molecule has 1 amide bonds. The number of carbonyl (C=O) groups excluding carboxylic acids is 1. The second-order valence-corrected chi connectivity index (χ2v) is 5.47. The molecular formula is C19H18N2O3. The SMILES string of the molecule is Cc1cc(NC(=O)COc2ccc(Cc3ccccc3)cc2)no1. The van der Waals surface area contributed by atoms with E-state index in [1.165, 1.54) is 11.1 Å². The quantitative estimate of drug-likeness (QED) is 0.753. The highest BCUT2D eigenvalue weighted by molar-refractivity contribution is 5.90. The fraction of sp³-hybridized carbons (Fsp3) is 0.158. The maximum Gasteiger partial charge on any atom is 0.263 e. The van der Waals surface area contributed by atoms with Gasteiger partial charge in [-0.05, 0) is 36.6 Å². The van der Waals surface area contributed by atoms with Crippen molar-refractivity contribution >= 4 is 11.7 Å². The number of ether oxygens (including phenoxy) is 1. The molecule has 0 saturated heterocycles. The van der Waals surface area contributed by atoms with Crippen molar-refractivity contribution in [2.45, 2.75) is 13.3 Å². The first kappa shape index (κ1) is 15.8. The minimum Gasteiger partial charge on any atom is -0.484 e. The molecule has 0 saturated carbocycles. The van der Waals surface area contributed by atoms with Gasteiger partial charge in [0, 0.05) is 6.07 Å². The Balaban J connectivity index is 1.50. The van der Waals surface area contributed by atoms with Gasteiger partial charge in [-0.1, -0.05) is 47.6 Å². The van der Waals surface area contributed by atoms with Gasteiger partial charge in [-0.25, -0.2) is 0 Å². The zero-order valence-electron chi connectivity index (χ0n) is 13.4. The summed E-state index contributed by atoms with van der Waals surface area (Å²) >= 11 is 0. The molecule has 0 spiro atoms. The van der Waals surface area contributed by atoms with Crippen LogP contribution < -0.4 is 10.1 Å². The Kier molecular flexibility index (Phi) is 4.91. The molecule has 1 N–H and O–H groups in total. The van der Waals surface area contributed by atoms with E-state index in [1.807, 2.05) is 42.5 Å². The van der Waals surface area contributed by atoms with Crippen molar-refractivity contribution in [2.75, 3.05) is 11.9 Å². The minimum atomic E-state index is -0.281. The van der Waals surface area contributed by atoms with Crippen LogP contribution in [-0.2, 0) is 11.2 Å². The van der Waals surface area contributed by atoms with Crippen molar-refractivity contribution in [1.29, 1.82) is 0 Å². The zero-order valence-corrected chi connectivity index (χ0v) is 13.4. The standard InChI is InChI=1S/C19H18N2O3/c1-14-11-18(21-24-14)20-19(22)13-23-17-9-7-16(8-10-17)12-15-5-3-2-4-6-15/h2-11H,12-13H2,1H3,(H,20,21,22). The average Bonchev–Trinajstić information content (AvgIpc) is 3.00. The third kappa shape index (κ3) is 4.46. The number of amides is 1. The van der Waals surface area contributed by atoms with E-state index in [0.717, 1.165) is 6.42 Å². The molecule has 5 heteroatoms. The summed E-state index contributed by atoms with van der Waals surface area (Å²) < 4.78 is 10.4. The van der Waals surface area contributed by atoms with Crippen LogP contribution in [0.5, 0.6) is 5.75 Å². The third-order valence-electron chi connectivity index (χ3n) is 3.44. The molecule has 0 aliphatic rings. The van der Waals surface area contributed by atoms with E-state index in [0.29, 0.717) is 17.3 Å². The largest absolute Gasteiger partial charge is 0.484 e. The Morgan fingerprint density at radius 3 is 2.46 bits per heavy atom. The second-order valence-electron chi connectivity index (χ2n) is 5.47. The van der Waals surface area contributed by atoms with Crippen LogP contribution in [0.25, 0.3) is 0 Å². The van der Waals surface area contributed by atoms with Gasteiger partial charge in [0.25, 0.3) is 5.91 Å². The lowest BCUT2D eigenvalue weighted by molar-refractivity contribution is -0.118. The molecule has 0 aliphatic heterocycles. The summed E-state index contributed by atoms with van der Waals surface area (Å²) in [6.45, 7) is 1.68. The number of nitrogens with zero attached hydrogens (tertiary/aromatic N) is 1. The summed E-state index contributed by atoms with van der Waals surface area (Å²) in [6.07, 6.45) is 0.868. The van der Waals surface area contributed by atoms with Gasteiger partial charge >= 0.3 is 0 Å². The molecule has 1 heterocycles. The lowest BCUT2D eigenvalue weighted by Gasteiger charge is -2.07. The van der Waals surface area contributed by atoms with E-state index in [-0.39, 0.29) is 12.5 Å². The van der Waals surface area contributed by atoms with Crippen molar-refractivity contribution in [3.8, 4) is 5.75 Å². The number of nitrogens with one attached hydrogen (secondary N) is 1. The zero-order chi connectivity index (χ0) is 16.8. The van der Waals surface area contributed by atoms with E-state index >= 15 is 0 Å². The van der Waals surface area contributed by atoms with Gasteiger partial charge < -0.3 is 14.6 Å². The fourth-order valence-corrected chi connectivity index (χ4v) is 2.29. The third-order valence-corrected chi connectivity index (χ3v) is 3.44. The van der Waals surface area contributed by atoms with Crippen molar-refractivity contribution in [2.24, 2.45) is 0 Å². The molecule has 3 rings (SSSR count). The number of hydrogen-bond acceptors (Lipinski definition) is 4. The van der Waals surface area contributed by atoms with E-state index in [9.17, 15) is 4.79 Å². The average molecular weight is 322 g/mol. The Bertz CT molecular complexity index is 795. The maximum absolute atomic E-state index is 11.8. The number of anilines is 1. The summed E-state index contributed by atoms with van der Waals surface area (Å²) in [5.74, 6) is 1.40. The van der Waals surface area contributed by atoms with Crippen LogP contribution in [0.15, 0.2) is 65.2 Å². The molecule has 5 nitrogen and oxygen atoms in total. The highest BCUT2D eigenvalue weighted by Gasteiger charge is 2.07. The molecule has 24 heavy (non-hydrogen) atoms. The number of rotatable bonds is 6. The normalized spacial score (nSPS) is 10.4. The van der Waals surface area contributed by atoms with Crippen LogP contribution >= 0.6 is 0 Å². The lowest BCUT2D eigenvalue weighted by Crippen LogP contribution is -2.20. The monoisotopic (exact) mass is 322 g/mol. The number of carbonyl (C=O) groups is 1.